The molecule has 7 heteroatoms. The molecule has 22 heavy (non-hydrogen) atoms. The fraction of sp³-hybridized carbons (Fsp3) is 0.0667. The van der Waals surface area contributed by atoms with E-state index in [0.29, 0.717) is 20.8 Å². The van der Waals surface area contributed by atoms with Crippen LogP contribution in [0.15, 0.2) is 42.5 Å². The lowest BCUT2D eigenvalue weighted by Gasteiger charge is -2.09. The van der Waals surface area contributed by atoms with E-state index in [1.807, 2.05) is 0 Å². The molecule has 2 N–H and O–H groups in total. The van der Waals surface area contributed by atoms with E-state index in [0.717, 1.165) is 0 Å². The van der Waals surface area contributed by atoms with Crippen molar-refractivity contribution in [1.82, 2.24) is 0 Å². The summed E-state index contributed by atoms with van der Waals surface area (Å²) in [5, 5.41) is 6.19. The summed E-state index contributed by atoms with van der Waals surface area (Å²) in [5.74, 6) is -0.988. The molecule has 0 aliphatic carbocycles. The zero-order valence-electron chi connectivity index (χ0n) is 11.2. The predicted molar refractivity (Wildman–Crippen MR) is 89.8 cm³/mol. The van der Waals surface area contributed by atoms with Crippen LogP contribution in [-0.2, 0) is 9.59 Å². The smallest absolute Gasteiger partial charge is 0.233 e. The number of carbonyl (C=O) groups excluding carboxylic acids is 2. The molecule has 0 spiro atoms. The van der Waals surface area contributed by atoms with Crippen LogP contribution in [0.25, 0.3) is 0 Å². The van der Waals surface area contributed by atoms with Crippen molar-refractivity contribution in [2.24, 2.45) is 0 Å². The molecule has 0 aromatic heterocycles. The van der Waals surface area contributed by atoms with Crippen molar-refractivity contribution in [1.29, 1.82) is 0 Å². The normalized spacial score (nSPS) is 10.1. The largest absolute Gasteiger partial charge is 0.326 e. The lowest BCUT2D eigenvalue weighted by atomic mass is 10.2. The molecule has 0 aliphatic rings. The minimum absolute atomic E-state index is 0.284. The summed E-state index contributed by atoms with van der Waals surface area (Å²) in [6.45, 7) is 0. The maximum Gasteiger partial charge on any atom is 0.233 e. The van der Waals surface area contributed by atoms with Gasteiger partial charge in [0.15, 0.2) is 0 Å². The van der Waals surface area contributed by atoms with Crippen molar-refractivity contribution in [2.75, 3.05) is 10.6 Å². The highest BCUT2D eigenvalue weighted by atomic mass is 35.5. The van der Waals surface area contributed by atoms with Gasteiger partial charge in [0.05, 0.1) is 15.7 Å². The summed E-state index contributed by atoms with van der Waals surface area (Å²) in [7, 11) is 0. The lowest BCUT2D eigenvalue weighted by Crippen LogP contribution is -2.21. The first-order chi connectivity index (χ1) is 10.5. The number of benzene rings is 2. The van der Waals surface area contributed by atoms with Crippen LogP contribution >= 0.6 is 34.8 Å². The second-order valence-electron chi connectivity index (χ2n) is 4.38. The van der Waals surface area contributed by atoms with Crippen LogP contribution in [0.5, 0.6) is 0 Å². The molecule has 0 aliphatic heterocycles. The van der Waals surface area contributed by atoms with Gasteiger partial charge in [-0.25, -0.2) is 0 Å². The Kier molecular flexibility index (Phi) is 5.66. The van der Waals surface area contributed by atoms with E-state index in [-0.39, 0.29) is 12.1 Å². The van der Waals surface area contributed by atoms with Gasteiger partial charge in [0.25, 0.3) is 0 Å². The summed E-state index contributed by atoms with van der Waals surface area (Å²) in [5.41, 5.74) is 0.799. The van der Waals surface area contributed by atoms with Gasteiger partial charge in [-0.3, -0.25) is 9.59 Å². The Morgan fingerprint density at radius 3 is 2.09 bits per heavy atom. The fourth-order valence-electron chi connectivity index (χ4n) is 1.72. The third-order valence-electron chi connectivity index (χ3n) is 2.66. The molecule has 0 atom stereocenters. The third-order valence-corrected chi connectivity index (χ3v) is 3.52. The second-order valence-corrected chi connectivity index (χ2v) is 5.63. The molecule has 2 rings (SSSR count). The van der Waals surface area contributed by atoms with Crippen molar-refractivity contribution in [3.63, 3.8) is 0 Å². The van der Waals surface area contributed by atoms with Crippen LogP contribution in [0.1, 0.15) is 6.42 Å². The van der Waals surface area contributed by atoms with Crippen LogP contribution in [0, 0.1) is 0 Å². The van der Waals surface area contributed by atoms with Crippen LogP contribution in [-0.4, -0.2) is 11.8 Å². The number of amides is 2. The summed E-state index contributed by atoms with van der Waals surface area (Å²) >= 11 is 17.7. The van der Waals surface area contributed by atoms with E-state index in [2.05, 4.69) is 10.6 Å². The molecule has 2 amide bonds. The lowest BCUT2D eigenvalue weighted by molar-refractivity contribution is -0.123. The molecule has 0 unspecified atom stereocenters. The minimum atomic E-state index is -0.519. The summed E-state index contributed by atoms with van der Waals surface area (Å²) in [4.78, 5) is 23.7. The van der Waals surface area contributed by atoms with Gasteiger partial charge in [-0.2, -0.15) is 0 Å². The number of carbonyl (C=O) groups is 2. The highest BCUT2D eigenvalue weighted by Gasteiger charge is 2.13. The van der Waals surface area contributed by atoms with Gasteiger partial charge in [0.2, 0.25) is 11.8 Å². The summed E-state index contributed by atoms with van der Waals surface area (Å²) in [6, 6.07) is 11.5. The Labute approximate surface area is 142 Å². The van der Waals surface area contributed by atoms with Gasteiger partial charge in [-0.1, -0.05) is 46.9 Å². The Bertz CT molecular complexity index is 699. The molecule has 0 fully saturated rings. The van der Waals surface area contributed by atoms with Gasteiger partial charge >= 0.3 is 0 Å². The van der Waals surface area contributed by atoms with Crippen LogP contribution in [0.2, 0.25) is 15.1 Å². The van der Waals surface area contributed by atoms with Gasteiger partial charge in [0, 0.05) is 10.7 Å². The fourth-order valence-corrected chi connectivity index (χ4v) is 2.40. The van der Waals surface area contributed by atoms with Crippen LogP contribution < -0.4 is 10.6 Å². The number of para-hydroxylation sites is 1. The maximum atomic E-state index is 11.9. The van der Waals surface area contributed by atoms with E-state index in [1.165, 1.54) is 0 Å². The summed E-state index contributed by atoms with van der Waals surface area (Å²) in [6.07, 6.45) is -0.367. The zero-order valence-corrected chi connectivity index (χ0v) is 13.5. The molecule has 0 bridgehead atoms. The Morgan fingerprint density at radius 2 is 1.45 bits per heavy atom. The first-order valence-electron chi connectivity index (χ1n) is 6.25. The number of nitrogens with one attached hydrogen (secondary N) is 2. The predicted octanol–water partition coefficient (Wildman–Crippen LogP) is 4.61. The second kappa shape index (κ2) is 7.49. The van der Waals surface area contributed by atoms with E-state index < -0.39 is 11.8 Å². The molecule has 0 saturated carbocycles. The molecular formula is C15H11Cl3N2O2. The molecule has 0 radical (unpaired) electrons. The standard InChI is InChI=1S/C15H11Cl3N2O2/c16-9-3-1-4-10(7-9)19-13(21)8-14(22)20-15-11(17)5-2-6-12(15)18/h1-7H,8H2,(H,19,21)(H,20,22). The van der Waals surface area contributed by atoms with Crippen molar-refractivity contribution < 1.29 is 9.59 Å². The van der Waals surface area contributed by atoms with Gasteiger partial charge < -0.3 is 10.6 Å². The molecule has 0 heterocycles. The topological polar surface area (TPSA) is 58.2 Å². The summed E-state index contributed by atoms with van der Waals surface area (Å²) < 4.78 is 0. The van der Waals surface area contributed by atoms with Crippen LogP contribution in [0.4, 0.5) is 11.4 Å². The zero-order chi connectivity index (χ0) is 16.1. The Hall–Kier alpha value is -1.75. The van der Waals surface area contributed by atoms with Gasteiger partial charge in [0.1, 0.15) is 6.42 Å². The third kappa shape index (κ3) is 4.63. The van der Waals surface area contributed by atoms with Crippen molar-refractivity contribution >= 4 is 58.0 Å². The average molecular weight is 358 g/mol. The number of rotatable bonds is 4. The van der Waals surface area contributed by atoms with Crippen molar-refractivity contribution in [2.45, 2.75) is 6.42 Å². The van der Waals surface area contributed by atoms with Crippen molar-refractivity contribution in [3.8, 4) is 0 Å². The quantitative estimate of drug-likeness (QED) is 0.785. The van der Waals surface area contributed by atoms with Crippen molar-refractivity contribution in [3.05, 3.63) is 57.5 Å². The Morgan fingerprint density at radius 1 is 0.864 bits per heavy atom. The molecule has 4 nitrogen and oxygen atoms in total. The highest BCUT2D eigenvalue weighted by Crippen LogP contribution is 2.29. The van der Waals surface area contributed by atoms with Crippen LogP contribution in [0.3, 0.4) is 0 Å². The highest BCUT2D eigenvalue weighted by molar-refractivity contribution is 6.39. The molecule has 114 valence electrons. The van der Waals surface area contributed by atoms with E-state index in [1.54, 1.807) is 42.5 Å². The number of anilines is 2. The van der Waals surface area contributed by atoms with Gasteiger partial charge in [-0.15, -0.1) is 0 Å². The first-order valence-corrected chi connectivity index (χ1v) is 7.38. The number of hydrogen-bond acceptors (Lipinski definition) is 2. The monoisotopic (exact) mass is 356 g/mol. The number of halogens is 3. The Balaban J connectivity index is 1.96. The van der Waals surface area contributed by atoms with E-state index in [4.69, 9.17) is 34.8 Å². The molecule has 2 aromatic carbocycles. The first kappa shape index (κ1) is 16.6. The average Bonchev–Trinajstić information content (AvgIpc) is 2.43. The SMILES string of the molecule is O=C(CC(=O)Nc1c(Cl)cccc1Cl)Nc1cccc(Cl)c1. The van der Waals surface area contributed by atoms with E-state index in [9.17, 15) is 9.59 Å². The molecule has 2 aromatic rings. The number of hydrogen-bond donors (Lipinski definition) is 2. The molecule has 0 saturated heterocycles. The van der Waals surface area contributed by atoms with E-state index >= 15 is 0 Å². The van der Waals surface area contributed by atoms with Gasteiger partial charge in [-0.05, 0) is 30.3 Å². The molecular weight excluding hydrogens is 347 g/mol. The minimum Gasteiger partial charge on any atom is -0.326 e. The maximum absolute atomic E-state index is 11.9.